The summed E-state index contributed by atoms with van der Waals surface area (Å²) in [7, 11) is 1.75. The summed E-state index contributed by atoms with van der Waals surface area (Å²) in [5, 5.41) is 15.4. The zero-order valence-corrected chi connectivity index (χ0v) is 13.1. The highest BCUT2D eigenvalue weighted by atomic mass is 16.2. The number of aromatic nitrogens is 6. The van der Waals surface area contributed by atoms with Gasteiger partial charge in [-0.1, -0.05) is 0 Å². The Labute approximate surface area is 132 Å². The van der Waals surface area contributed by atoms with E-state index in [1.54, 1.807) is 22.5 Å². The molecule has 1 aliphatic rings. The van der Waals surface area contributed by atoms with E-state index < -0.39 is 0 Å². The van der Waals surface area contributed by atoms with Crippen LogP contribution in [0.1, 0.15) is 39.7 Å². The molecule has 1 amide bonds. The van der Waals surface area contributed by atoms with Crippen LogP contribution in [0.4, 0.5) is 0 Å². The first-order valence-corrected chi connectivity index (χ1v) is 7.62. The summed E-state index contributed by atoms with van der Waals surface area (Å²) in [5.74, 6) is 0.502. The quantitative estimate of drug-likeness (QED) is 0.776. The van der Waals surface area contributed by atoms with Crippen molar-refractivity contribution in [2.45, 2.75) is 32.7 Å². The number of H-pyrrole nitrogens is 1. The molecule has 1 aliphatic carbocycles. The van der Waals surface area contributed by atoms with Gasteiger partial charge in [-0.15, -0.1) is 10.2 Å². The average Bonchev–Trinajstić information content (AvgIpc) is 3.22. The molecule has 0 aromatic carbocycles. The van der Waals surface area contributed by atoms with Crippen LogP contribution < -0.4 is 0 Å². The van der Waals surface area contributed by atoms with Crippen molar-refractivity contribution in [3.8, 4) is 0 Å². The maximum atomic E-state index is 12.7. The lowest BCUT2D eigenvalue weighted by Gasteiger charge is -2.15. The molecule has 3 aromatic heterocycles. The number of hydrogen-bond donors (Lipinski definition) is 1. The number of aromatic amines is 1. The van der Waals surface area contributed by atoms with Crippen molar-refractivity contribution in [1.82, 2.24) is 34.7 Å². The van der Waals surface area contributed by atoms with Gasteiger partial charge < -0.3 is 4.90 Å². The molecule has 0 bridgehead atoms. The van der Waals surface area contributed by atoms with Gasteiger partial charge in [0.25, 0.3) is 11.7 Å². The molecule has 0 spiro atoms. The van der Waals surface area contributed by atoms with Gasteiger partial charge in [-0.05, 0) is 37.8 Å². The van der Waals surface area contributed by atoms with E-state index in [2.05, 4.69) is 25.4 Å². The molecule has 3 aromatic rings. The maximum absolute atomic E-state index is 12.7. The van der Waals surface area contributed by atoms with Gasteiger partial charge in [0.15, 0.2) is 0 Å². The summed E-state index contributed by atoms with van der Waals surface area (Å²) in [6.07, 6.45) is 4.99. The summed E-state index contributed by atoms with van der Waals surface area (Å²) in [6.45, 7) is 2.33. The van der Waals surface area contributed by atoms with E-state index in [1.807, 2.05) is 13.0 Å². The van der Waals surface area contributed by atoms with Crippen molar-refractivity contribution >= 4 is 11.7 Å². The maximum Gasteiger partial charge on any atom is 0.292 e. The predicted octanol–water partition coefficient (Wildman–Crippen LogP) is 0.917. The zero-order chi connectivity index (χ0) is 16.0. The fourth-order valence-electron chi connectivity index (χ4n) is 3.01. The lowest BCUT2D eigenvalue weighted by Crippen LogP contribution is -2.28. The van der Waals surface area contributed by atoms with E-state index in [9.17, 15) is 4.79 Å². The van der Waals surface area contributed by atoms with Crippen LogP contribution in [0, 0.1) is 6.92 Å². The molecule has 0 saturated carbocycles. The Morgan fingerprint density at radius 3 is 3.13 bits per heavy atom. The normalized spacial score (nSPS) is 13.5. The standard InChI is InChI=1S/C15H17N7O/c1-9-6-7-22-13(19-20-15(22)16-9)14(23)21(2)8-12-10-4-3-5-11(10)17-18-12/h6-7H,3-5,8H2,1-2H3,(H,17,18). The van der Waals surface area contributed by atoms with Gasteiger partial charge >= 0.3 is 0 Å². The van der Waals surface area contributed by atoms with Crippen LogP contribution in [-0.2, 0) is 19.4 Å². The van der Waals surface area contributed by atoms with Gasteiger partial charge in [-0.3, -0.25) is 14.3 Å². The zero-order valence-electron chi connectivity index (χ0n) is 13.1. The molecule has 8 nitrogen and oxygen atoms in total. The second kappa shape index (κ2) is 5.15. The first kappa shape index (κ1) is 13.9. The van der Waals surface area contributed by atoms with Gasteiger partial charge in [0.1, 0.15) is 0 Å². The molecular formula is C15H17N7O. The van der Waals surface area contributed by atoms with E-state index in [4.69, 9.17) is 0 Å². The average molecular weight is 311 g/mol. The fraction of sp³-hybridized carbons (Fsp3) is 0.400. The third-order valence-electron chi connectivity index (χ3n) is 4.24. The minimum absolute atomic E-state index is 0.196. The first-order valence-electron chi connectivity index (χ1n) is 7.62. The number of carbonyl (C=O) groups excluding carboxylic acids is 1. The van der Waals surface area contributed by atoms with Crippen LogP contribution in [0.3, 0.4) is 0 Å². The van der Waals surface area contributed by atoms with Crippen molar-refractivity contribution < 1.29 is 4.79 Å². The van der Waals surface area contributed by atoms with Crippen LogP contribution in [0.5, 0.6) is 0 Å². The predicted molar refractivity (Wildman–Crippen MR) is 81.9 cm³/mol. The summed E-state index contributed by atoms with van der Waals surface area (Å²) in [4.78, 5) is 18.5. The highest BCUT2D eigenvalue weighted by Gasteiger charge is 2.23. The van der Waals surface area contributed by atoms with E-state index in [1.165, 1.54) is 11.3 Å². The molecule has 0 radical (unpaired) electrons. The van der Waals surface area contributed by atoms with Crippen molar-refractivity contribution in [3.63, 3.8) is 0 Å². The Kier molecular flexibility index (Phi) is 3.10. The Bertz CT molecular complexity index is 895. The molecule has 0 fully saturated rings. The molecule has 1 N–H and O–H groups in total. The lowest BCUT2D eigenvalue weighted by molar-refractivity contribution is 0.0769. The number of carbonyl (C=O) groups is 1. The molecule has 23 heavy (non-hydrogen) atoms. The number of amides is 1. The van der Waals surface area contributed by atoms with Crippen molar-refractivity contribution in [2.24, 2.45) is 0 Å². The minimum atomic E-state index is -0.196. The second-order valence-corrected chi connectivity index (χ2v) is 5.90. The van der Waals surface area contributed by atoms with Crippen LogP contribution in [-0.4, -0.2) is 47.6 Å². The van der Waals surface area contributed by atoms with Crippen LogP contribution in [0.25, 0.3) is 5.78 Å². The van der Waals surface area contributed by atoms with Gasteiger partial charge in [0.2, 0.25) is 5.82 Å². The highest BCUT2D eigenvalue weighted by molar-refractivity contribution is 5.91. The van der Waals surface area contributed by atoms with Crippen molar-refractivity contribution in [3.05, 3.63) is 40.7 Å². The topological polar surface area (TPSA) is 92.1 Å². The minimum Gasteiger partial charge on any atom is -0.333 e. The number of hydrogen-bond acceptors (Lipinski definition) is 5. The molecule has 0 atom stereocenters. The van der Waals surface area contributed by atoms with Crippen LogP contribution in [0.15, 0.2) is 12.3 Å². The largest absolute Gasteiger partial charge is 0.333 e. The monoisotopic (exact) mass is 311 g/mol. The number of fused-ring (bicyclic) bond motifs is 2. The Balaban J connectivity index is 1.60. The third kappa shape index (κ3) is 2.26. The SMILES string of the molecule is Cc1ccn2c(C(=O)N(C)Cc3n[nH]c4c3CCC4)nnc2n1. The Hall–Kier alpha value is -2.77. The van der Waals surface area contributed by atoms with Gasteiger partial charge in [0.05, 0.1) is 12.2 Å². The third-order valence-corrected chi connectivity index (χ3v) is 4.24. The number of aryl methyl sites for hydroxylation is 2. The molecule has 0 unspecified atom stereocenters. The van der Waals surface area contributed by atoms with E-state index in [0.29, 0.717) is 12.3 Å². The Morgan fingerprint density at radius 1 is 1.39 bits per heavy atom. The van der Waals surface area contributed by atoms with Gasteiger partial charge in [-0.25, -0.2) is 4.98 Å². The number of rotatable bonds is 3. The fourth-order valence-corrected chi connectivity index (χ4v) is 3.01. The van der Waals surface area contributed by atoms with E-state index in [-0.39, 0.29) is 11.7 Å². The molecular weight excluding hydrogens is 294 g/mol. The van der Waals surface area contributed by atoms with Crippen molar-refractivity contribution in [1.29, 1.82) is 0 Å². The molecule has 0 saturated heterocycles. The molecule has 0 aliphatic heterocycles. The number of nitrogens with one attached hydrogen (secondary N) is 1. The summed E-state index contributed by atoms with van der Waals surface area (Å²) in [6, 6.07) is 1.83. The summed E-state index contributed by atoms with van der Waals surface area (Å²) >= 11 is 0. The summed E-state index contributed by atoms with van der Waals surface area (Å²) in [5.41, 5.74) is 4.24. The van der Waals surface area contributed by atoms with Gasteiger partial charge in [-0.2, -0.15) is 5.10 Å². The second-order valence-electron chi connectivity index (χ2n) is 5.90. The van der Waals surface area contributed by atoms with Gasteiger partial charge in [0, 0.05) is 24.6 Å². The lowest BCUT2D eigenvalue weighted by atomic mass is 10.2. The Morgan fingerprint density at radius 2 is 2.26 bits per heavy atom. The van der Waals surface area contributed by atoms with E-state index in [0.717, 1.165) is 30.7 Å². The van der Waals surface area contributed by atoms with Crippen LogP contribution in [0.2, 0.25) is 0 Å². The van der Waals surface area contributed by atoms with Crippen molar-refractivity contribution in [2.75, 3.05) is 7.05 Å². The van der Waals surface area contributed by atoms with Crippen LogP contribution >= 0.6 is 0 Å². The highest BCUT2D eigenvalue weighted by Crippen LogP contribution is 2.23. The first-order chi connectivity index (χ1) is 11.1. The summed E-state index contributed by atoms with van der Waals surface area (Å²) < 4.78 is 1.61. The molecule has 8 heteroatoms. The molecule has 118 valence electrons. The molecule has 4 rings (SSSR count). The molecule has 3 heterocycles. The number of nitrogens with zero attached hydrogens (tertiary/aromatic N) is 6. The van der Waals surface area contributed by atoms with E-state index >= 15 is 0 Å². The smallest absolute Gasteiger partial charge is 0.292 e.